The Morgan fingerprint density at radius 1 is 1.62 bits per heavy atom. The molecule has 1 rings (SSSR count). The van der Waals surface area contributed by atoms with Gasteiger partial charge in [-0.3, -0.25) is 4.79 Å². The van der Waals surface area contributed by atoms with Crippen LogP contribution in [0.2, 0.25) is 5.15 Å². The van der Waals surface area contributed by atoms with Gasteiger partial charge in [0.1, 0.15) is 10.9 Å². The maximum absolute atomic E-state index is 11.2. The highest BCUT2D eigenvalue weighted by Gasteiger charge is 2.01. The molecule has 0 spiro atoms. The number of hydrogen-bond acceptors (Lipinski definition) is 4. The molecule has 6 heteroatoms. The fourth-order valence-corrected chi connectivity index (χ4v) is 1.02. The van der Waals surface area contributed by atoms with Crippen LogP contribution in [0, 0.1) is 11.3 Å². The number of amides is 1. The summed E-state index contributed by atoms with van der Waals surface area (Å²) in [4.78, 5) is 15.0. The predicted octanol–water partition coefficient (Wildman–Crippen LogP) is 1.14. The summed E-state index contributed by atoms with van der Waals surface area (Å²) in [5.74, 6) is 0.199. The lowest BCUT2D eigenvalue weighted by molar-refractivity contribution is -0.123. The maximum atomic E-state index is 11.2. The van der Waals surface area contributed by atoms with Gasteiger partial charge in [-0.15, -0.1) is 0 Å². The fourth-order valence-electron chi connectivity index (χ4n) is 0.905. The molecule has 0 aliphatic carbocycles. The number of ether oxygens (including phenoxy) is 1. The summed E-state index contributed by atoms with van der Waals surface area (Å²) in [6, 6.07) is 5.12. The summed E-state index contributed by atoms with van der Waals surface area (Å²) in [5.41, 5.74) is 0. The molecule has 0 fully saturated rings. The van der Waals surface area contributed by atoms with Crippen LogP contribution in [0.25, 0.3) is 0 Å². The van der Waals surface area contributed by atoms with Crippen molar-refractivity contribution in [2.45, 2.75) is 6.42 Å². The van der Waals surface area contributed by atoms with Gasteiger partial charge in [-0.2, -0.15) is 5.26 Å². The van der Waals surface area contributed by atoms with E-state index in [-0.39, 0.29) is 18.9 Å². The van der Waals surface area contributed by atoms with E-state index in [1.807, 2.05) is 6.07 Å². The van der Waals surface area contributed by atoms with Gasteiger partial charge in [-0.25, -0.2) is 4.98 Å². The lowest BCUT2D eigenvalue weighted by Gasteiger charge is -2.05. The molecule has 0 radical (unpaired) electrons. The van der Waals surface area contributed by atoms with Gasteiger partial charge in [0.15, 0.2) is 6.61 Å². The first-order valence-electron chi connectivity index (χ1n) is 4.60. The maximum Gasteiger partial charge on any atom is 0.257 e. The van der Waals surface area contributed by atoms with Crippen molar-refractivity contribution in [1.29, 1.82) is 5.26 Å². The van der Waals surface area contributed by atoms with Gasteiger partial charge in [0.2, 0.25) is 0 Å². The number of carbonyl (C=O) groups is 1. The highest BCUT2D eigenvalue weighted by atomic mass is 35.5. The number of halogens is 1. The van der Waals surface area contributed by atoms with E-state index in [0.717, 1.165) is 0 Å². The molecule has 0 atom stereocenters. The zero-order valence-corrected chi connectivity index (χ0v) is 9.20. The smallest absolute Gasteiger partial charge is 0.257 e. The van der Waals surface area contributed by atoms with E-state index in [2.05, 4.69) is 10.3 Å². The van der Waals surface area contributed by atoms with Gasteiger partial charge in [0.05, 0.1) is 18.7 Å². The number of nitrogens with zero attached hydrogens (tertiary/aromatic N) is 2. The number of carbonyl (C=O) groups excluding carboxylic acids is 1. The molecule has 0 aromatic carbocycles. The van der Waals surface area contributed by atoms with Crippen molar-refractivity contribution in [3.05, 3.63) is 23.5 Å². The van der Waals surface area contributed by atoms with E-state index in [9.17, 15) is 4.79 Å². The molecule has 0 saturated heterocycles. The van der Waals surface area contributed by atoms with Crippen LogP contribution in [0.15, 0.2) is 18.3 Å². The Kier molecular flexibility index (Phi) is 5.09. The van der Waals surface area contributed by atoms with E-state index >= 15 is 0 Å². The summed E-state index contributed by atoms with van der Waals surface area (Å²) in [6.07, 6.45) is 1.72. The Bertz CT molecular complexity index is 386. The van der Waals surface area contributed by atoms with Crippen LogP contribution in [0.3, 0.4) is 0 Å². The van der Waals surface area contributed by atoms with Crippen LogP contribution in [-0.2, 0) is 4.79 Å². The second-order valence-electron chi connectivity index (χ2n) is 2.86. The molecule has 1 N–H and O–H groups in total. The van der Waals surface area contributed by atoms with E-state index in [0.29, 0.717) is 17.4 Å². The normalized spacial score (nSPS) is 9.25. The summed E-state index contributed by atoms with van der Waals surface area (Å²) in [6.45, 7) is 0.228. The monoisotopic (exact) mass is 239 g/mol. The first-order valence-corrected chi connectivity index (χ1v) is 4.98. The van der Waals surface area contributed by atoms with Gasteiger partial charge in [0, 0.05) is 6.54 Å². The molecule has 1 aromatic rings. The van der Waals surface area contributed by atoms with Crippen molar-refractivity contribution in [2.75, 3.05) is 13.2 Å². The third-order valence-corrected chi connectivity index (χ3v) is 1.85. The zero-order chi connectivity index (χ0) is 11.8. The van der Waals surface area contributed by atoms with Crippen molar-refractivity contribution in [2.24, 2.45) is 0 Å². The Labute approximate surface area is 98.0 Å². The molecule has 1 aromatic heterocycles. The predicted molar refractivity (Wildman–Crippen MR) is 58.0 cm³/mol. The van der Waals surface area contributed by atoms with Crippen molar-refractivity contribution in [3.63, 3.8) is 0 Å². The largest absolute Gasteiger partial charge is 0.482 e. The SMILES string of the molecule is N#CCCNC(=O)COc1ccc(Cl)nc1. The standard InChI is InChI=1S/C10H10ClN3O2/c11-9-3-2-8(6-14-9)16-7-10(15)13-5-1-4-12/h2-3,6H,1,5,7H2,(H,13,15). The molecular weight excluding hydrogens is 230 g/mol. The second kappa shape index (κ2) is 6.64. The van der Waals surface area contributed by atoms with Gasteiger partial charge in [-0.1, -0.05) is 11.6 Å². The fraction of sp³-hybridized carbons (Fsp3) is 0.300. The summed E-state index contributed by atoms with van der Waals surface area (Å²) in [5, 5.41) is 11.2. The molecule has 0 unspecified atom stereocenters. The molecular formula is C10H10ClN3O2. The Morgan fingerprint density at radius 3 is 3.06 bits per heavy atom. The topological polar surface area (TPSA) is 75.0 Å². The minimum absolute atomic E-state index is 0.102. The highest BCUT2D eigenvalue weighted by Crippen LogP contribution is 2.11. The van der Waals surface area contributed by atoms with Gasteiger partial charge in [0.25, 0.3) is 5.91 Å². The van der Waals surface area contributed by atoms with Gasteiger partial charge < -0.3 is 10.1 Å². The van der Waals surface area contributed by atoms with E-state index in [1.54, 1.807) is 12.1 Å². The van der Waals surface area contributed by atoms with Crippen LogP contribution in [-0.4, -0.2) is 24.0 Å². The van der Waals surface area contributed by atoms with Crippen LogP contribution >= 0.6 is 11.6 Å². The highest BCUT2D eigenvalue weighted by molar-refractivity contribution is 6.29. The van der Waals surface area contributed by atoms with Crippen LogP contribution in [0.5, 0.6) is 5.75 Å². The van der Waals surface area contributed by atoms with Crippen LogP contribution in [0.1, 0.15) is 6.42 Å². The molecule has 16 heavy (non-hydrogen) atoms. The number of nitriles is 1. The number of rotatable bonds is 5. The molecule has 0 aliphatic heterocycles. The van der Waals surface area contributed by atoms with Crippen molar-refractivity contribution in [3.8, 4) is 11.8 Å². The van der Waals surface area contributed by atoms with E-state index in [4.69, 9.17) is 21.6 Å². The molecule has 0 aliphatic rings. The summed E-state index contributed by atoms with van der Waals surface area (Å²) < 4.78 is 5.14. The Hall–Kier alpha value is -1.80. The third-order valence-electron chi connectivity index (χ3n) is 1.63. The summed E-state index contributed by atoms with van der Waals surface area (Å²) >= 11 is 5.58. The average molecular weight is 240 g/mol. The minimum atomic E-state index is -0.273. The molecule has 0 bridgehead atoms. The minimum Gasteiger partial charge on any atom is -0.482 e. The first-order chi connectivity index (χ1) is 7.72. The lowest BCUT2D eigenvalue weighted by atomic mass is 10.4. The number of nitrogens with one attached hydrogen (secondary N) is 1. The van der Waals surface area contributed by atoms with Gasteiger partial charge in [-0.05, 0) is 12.1 Å². The molecule has 5 nitrogen and oxygen atoms in total. The van der Waals surface area contributed by atoms with E-state index < -0.39 is 0 Å². The average Bonchev–Trinajstić information content (AvgIpc) is 2.29. The molecule has 84 valence electrons. The first kappa shape index (κ1) is 12.3. The number of hydrogen-bond donors (Lipinski definition) is 1. The van der Waals surface area contributed by atoms with Gasteiger partial charge >= 0.3 is 0 Å². The Morgan fingerprint density at radius 2 is 2.44 bits per heavy atom. The van der Waals surface area contributed by atoms with Crippen molar-refractivity contribution in [1.82, 2.24) is 10.3 Å². The number of aromatic nitrogens is 1. The second-order valence-corrected chi connectivity index (χ2v) is 3.25. The molecule has 1 amide bonds. The van der Waals surface area contributed by atoms with Crippen molar-refractivity contribution < 1.29 is 9.53 Å². The lowest BCUT2D eigenvalue weighted by Crippen LogP contribution is -2.29. The summed E-state index contributed by atoms with van der Waals surface area (Å²) in [7, 11) is 0. The number of pyridine rings is 1. The van der Waals surface area contributed by atoms with Crippen molar-refractivity contribution >= 4 is 17.5 Å². The van der Waals surface area contributed by atoms with Crippen LogP contribution < -0.4 is 10.1 Å². The Balaban J connectivity index is 2.26. The third kappa shape index (κ3) is 4.62. The molecule has 1 heterocycles. The zero-order valence-electron chi connectivity index (χ0n) is 8.44. The quantitative estimate of drug-likeness (QED) is 0.618. The van der Waals surface area contributed by atoms with E-state index in [1.165, 1.54) is 6.20 Å². The van der Waals surface area contributed by atoms with Crippen LogP contribution in [0.4, 0.5) is 0 Å². The molecule has 0 saturated carbocycles.